The second-order valence-electron chi connectivity index (χ2n) is 7.83. The first-order chi connectivity index (χ1) is 16.9. The standard InChI is InChI=1S/C27H31N3O5/c1-17-18(2)30-22(19(3)29-17)16-35-23-12-10-20(14-25(23)33-5)15-28-26(31)13-11-21-8-7-9-24(32-4)27(21)34-6/h7-14H,15-16H2,1-6H3,(H,28,31)/b13-11+. The monoisotopic (exact) mass is 477 g/mol. The normalized spacial score (nSPS) is 10.8. The zero-order valence-corrected chi connectivity index (χ0v) is 21.0. The van der Waals surface area contributed by atoms with E-state index < -0.39 is 0 Å². The van der Waals surface area contributed by atoms with Crippen LogP contribution in [0.5, 0.6) is 23.0 Å². The molecule has 1 N–H and O–H groups in total. The van der Waals surface area contributed by atoms with E-state index in [1.165, 1.54) is 6.08 Å². The van der Waals surface area contributed by atoms with Crippen LogP contribution >= 0.6 is 0 Å². The number of carbonyl (C=O) groups excluding carboxylic acids is 1. The number of nitrogens with zero attached hydrogens (tertiary/aromatic N) is 2. The molecule has 184 valence electrons. The molecule has 0 saturated carbocycles. The molecule has 1 amide bonds. The summed E-state index contributed by atoms with van der Waals surface area (Å²) in [4.78, 5) is 21.4. The summed E-state index contributed by atoms with van der Waals surface area (Å²) in [6.07, 6.45) is 3.14. The molecule has 3 rings (SSSR count). The minimum atomic E-state index is -0.238. The van der Waals surface area contributed by atoms with E-state index >= 15 is 0 Å². The summed E-state index contributed by atoms with van der Waals surface area (Å²) in [5.74, 6) is 2.10. The van der Waals surface area contributed by atoms with Gasteiger partial charge in [0.15, 0.2) is 23.0 Å². The average molecular weight is 478 g/mol. The van der Waals surface area contributed by atoms with Gasteiger partial charge in [-0.1, -0.05) is 18.2 Å². The van der Waals surface area contributed by atoms with E-state index in [2.05, 4.69) is 15.3 Å². The fraction of sp³-hybridized carbons (Fsp3) is 0.296. The van der Waals surface area contributed by atoms with Crippen LogP contribution in [0, 0.1) is 20.8 Å². The number of carbonyl (C=O) groups is 1. The first-order valence-electron chi connectivity index (χ1n) is 11.1. The maximum Gasteiger partial charge on any atom is 0.244 e. The van der Waals surface area contributed by atoms with Gasteiger partial charge in [-0.05, 0) is 50.6 Å². The minimum Gasteiger partial charge on any atom is -0.493 e. The third-order valence-electron chi connectivity index (χ3n) is 5.49. The number of rotatable bonds is 10. The van der Waals surface area contributed by atoms with E-state index in [1.807, 2.05) is 51.1 Å². The van der Waals surface area contributed by atoms with Gasteiger partial charge in [-0.15, -0.1) is 0 Å². The summed E-state index contributed by atoms with van der Waals surface area (Å²) in [6, 6.07) is 11.0. The Hall–Kier alpha value is -4.07. The number of aromatic nitrogens is 2. The Labute approximate surface area is 205 Å². The van der Waals surface area contributed by atoms with Crippen LogP contribution in [-0.4, -0.2) is 37.2 Å². The number of para-hydroxylation sites is 1. The van der Waals surface area contributed by atoms with Crippen LogP contribution in [0.25, 0.3) is 6.08 Å². The Balaban J connectivity index is 1.62. The van der Waals surface area contributed by atoms with Gasteiger partial charge in [0.2, 0.25) is 5.91 Å². The van der Waals surface area contributed by atoms with Crippen LogP contribution in [0.4, 0.5) is 0 Å². The lowest BCUT2D eigenvalue weighted by Gasteiger charge is -2.14. The van der Waals surface area contributed by atoms with E-state index in [-0.39, 0.29) is 12.5 Å². The molecule has 0 unspecified atom stereocenters. The van der Waals surface area contributed by atoms with E-state index in [1.54, 1.807) is 33.5 Å². The number of hydrogen-bond donors (Lipinski definition) is 1. The second-order valence-corrected chi connectivity index (χ2v) is 7.83. The van der Waals surface area contributed by atoms with Gasteiger partial charge in [-0.2, -0.15) is 0 Å². The fourth-order valence-corrected chi connectivity index (χ4v) is 3.44. The summed E-state index contributed by atoms with van der Waals surface area (Å²) in [7, 11) is 4.71. The van der Waals surface area contributed by atoms with Gasteiger partial charge < -0.3 is 24.3 Å². The molecule has 8 heteroatoms. The second kappa shape index (κ2) is 11.9. The third-order valence-corrected chi connectivity index (χ3v) is 5.49. The molecule has 0 spiro atoms. The number of nitrogens with one attached hydrogen (secondary N) is 1. The Bertz CT molecular complexity index is 1220. The molecule has 1 heterocycles. The van der Waals surface area contributed by atoms with E-state index in [9.17, 15) is 4.79 Å². The number of hydrogen-bond acceptors (Lipinski definition) is 7. The van der Waals surface area contributed by atoms with Gasteiger partial charge in [0, 0.05) is 18.2 Å². The van der Waals surface area contributed by atoms with Crippen molar-refractivity contribution in [3.8, 4) is 23.0 Å². The van der Waals surface area contributed by atoms with Crippen molar-refractivity contribution in [1.82, 2.24) is 15.3 Å². The Morgan fingerprint density at radius 3 is 2.34 bits per heavy atom. The minimum absolute atomic E-state index is 0.238. The molecular weight excluding hydrogens is 446 g/mol. The molecule has 0 saturated heterocycles. The first-order valence-corrected chi connectivity index (χ1v) is 11.1. The molecular formula is C27H31N3O5. The molecule has 1 aromatic heterocycles. The molecule has 0 radical (unpaired) electrons. The number of methoxy groups -OCH3 is 3. The highest BCUT2D eigenvalue weighted by Crippen LogP contribution is 2.31. The number of amides is 1. The molecule has 3 aromatic rings. The van der Waals surface area contributed by atoms with Crippen LogP contribution in [-0.2, 0) is 17.9 Å². The number of ether oxygens (including phenoxy) is 4. The summed E-state index contributed by atoms with van der Waals surface area (Å²) in [5.41, 5.74) is 5.03. The summed E-state index contributed by atoms with van der Waals surface area (Å²) in [5, 5.41) is 2.87. The molecule has 2 aromatic carbocycles. The van der Waals surface area contributed by atoms with Crippen LogP contribution in [0.15, 0.2) is 42.5 Å². The van der Waals surface area contributed by atoms with Gasteiger partial charge >= 0.3 is 0 Å². The van der Waals surface area contributed by atoms with Gasteiger partial charge in [0.1, 0.15) is 6.61 Å². The Kier molecular flexibility index (Phi) is 8.67. The van der Waals surface area contributed by atoms with Crippen molar-refractivity contribution in [2.45, 2.75) is 33.9 Å². The summed E-state index contributed by atoms with van der Waals surface area (Å²) in [6.45, 7) is 6.39. The maximum atomic E-state index is 12.4. The molecule has 0 aliphatic heterocycles. The lowest BCUT2D eigenvalue weighted by atomic mass is 10.1. The molecule has 0 fully saturated rings. The summed E-state index contributed by atoms with van der Waals surface area (Å²) >= 11 is 0. The molecule has 0 atom stereocenters. The zero-order valence-electron chi connectivity index (χ0n) is 21.0. The quantitative estimate of drug-likeness (QED) is 0.435. The highest BCUT2D eigenvalue weighted by atomic mass is 16.5. The maximum absolute atomic E-state index is 12.4. The van der Waals surface area contributed by atoms with Crippen molar-refractivity contribution >= 4 is 12.0 Å². The lowest BCUT2D eigenvalue weighted by molar-refractivity contribution is -0.116. The Morgan fingerprint density at radius 1 is 0.886 bits per heavy atom. The highest BCUT2D eigenvalue weighted by molar-refractivity contribution is 5.92. The SMILES string of the molecule is COc1cc(CNC(=O)/C=C/c2cccc(OC)c2OC)ccc1OCc1nc(C)c(C)nc1C. The fourth-order valence-electron chi connectivity index (χ4n) is 3.44. The molecule has 0 aliphatic carbocycles. The van der Waals surface area contributed by atoms with Crippen LogP contribution < -0.4 is 24.3 Å². The van der Waals surface area contributed by atoms with Crippen molar-refractivity contribution < 1.29 is 23.7 Å². The van der Waals surface area contributed by atoms with Crippen LogP contribution in [0.1, 0.15) is 33.9 Å². The topological polar surface area (TPSA) is 91.8 Å². The smallest absolute Gasteiger partial charge is 0.244 e. The zero-order chi connectivity index (χ0) is 25.4. The number of benzene rings is 2. The van der Waals surface area contributed by atoms with E-state index in [0.717, 1.165) is 33.9 Å². The average Bonchev–Trinajstić information content (AvgIpc) is 2.87. The van der Waals surface area contributed by atoms with Crippen LogP contribution in [0.2, 0.25) is 0 Å². The molecule has 35 heavy (non-hydrogen) atoms. The van der Waals surface area contributed by atoms with Crippen molar-refractivity contribution in [1.29, 1.82) is 0 Å². The van der Waals surface area contributed by atoms with Crippen molar-refractivity contribution in [3.63, 3.8) is 0 Å². The van der Waals surface area contributed by atoms with Gasteiger partial charge in [0.25, 0.3) is 0 Å². The van der Waals surface area contributed by atoms with Crippen LogP contribution in [0.3, 0.4) is 0 Å². The third kappa shape index (κ3) is 6.50. The largest absolute Gasteiger partial charge is 0.493 e. The van der Waals surface area contributed by atoms with Gasteiger partial charge in [-0.25, -0.2) is 0 Å². The molecule has 0 bridgehead atoms. The lowest BCUT2D eigenvalue weighted by Crippen LogP contribution is -2.20. The first kappa shape index (κ1) is 25.6. The van der Waals surface area contributed by atoms with Crippen molar-refractivity contribution in [3.05, 3.63) is 76.4 Å². The molecule has 8 nitrogen and oxygen atoms in total. The highest BCUT2D eigenvalue weighted by Gasteiger charge is 2.11. The van der Waals surface area contributed by atoms with E-state index in [0.29, 0.717) is 29.5 Å². The van der Waals surface area contributed by atoms with Crippen molar-refractivity contribution in [2.24, 2.45) is 0 Å². The van der Waals surface area contributed by atoms with E-state index in [4.69, 9.17) is 18.9 Å². The Morgan fingerprint density at radius 2 is 1.63 bits per heavy atom. The molecule has 0 aliphatic rings. The predicted molar refractivity (Wildman–Crippen MR) is 134 cm³/mol. The number of aryl methyl sites for hydroxylation is 3. The van der Waals surface area contributed by atoms with Gasteiger partial charge in [0.05, 0.1) is 44.1 Å². The van der Waals surface area contributed by atoms with Gasteiger partial charge in [-0.3, -0.25) is 14.8 Å². The van der Waals surface area contributed by atoms with Crippen molar-refractivity contribution in [2.75, 3.05) is 21.3 Å². The summed E-state index contributed by atoms with van der Waals surface area (Å²) < 4.78 is 22.1. The predicted octanol–water partition coefficient (Wildman–Crippen LogP) is 4.34.